The lowest BCUT2D eigenvalue weighted by Crippen LogP contribution is -2.44. The third-order valence-corrected chi connectivity index (χ3v) is 3.88. The standard InChI is InChI=1S/C14H19Cl2N3O.ClH/c15-11-2-3-13(16)12(10-11)14(20)18-4-1-7-19-8-5-17-6-9-19;/h2-3,10,17H,1,4-9H2,(H,18,20);1H. The number of rotatable bonds is 5. The molecule has 0 aromatic heterocycles. The molecule has 21 heavy (non-hydrogen) atoms. The molecule has 0 bridgehead atoms. The zero-order valence-electron chi connectivity index (χ0n) is 11.7. The van der Waals surface area contributed by atoms with Gasteiger partial charge in [-0.1, -0.05) is 23.2 Å². The monoisotopic (exact) mass is 351 g/mol. The summed E-state index contributed by atoms with van der Waals surface area (Å²) in [7, 11) is 0. The van der Waals surface area contributed by atoms with Crippen LogP contribution in [-0.2, 0) is 0 Å². The van der Waals surface area contributed by atoms with Crippen molar-refractivity contribution in [1.82, 2.24) is 15.5 Å². The van der Waals surface area contributed by atoms with Crippen LogP contribution in [0.2, 0.25) is 10.0 Å². The first-order valence-corrected chi connectivity index (χ1v) is 7.59. The number of nitrogens with zero attached hydrogens (tertiary/aromatic N) is 1. The van der Waals surface area contributed by atoms with Gasteiger partial charge in [0.15, 0.2) is 0 Å². The van der Waals surface area contributed by atoms with Crippen molar-refractivity contribution >= 4 is 41.5 Å². The lowest BCUT2D eigenvalue weighted by atomic mass is 10.2. The van der Waals surface area contributed by atoms with Crippen molar-refractivity contribution in [2.75, 3.05) is 39.3 Å². The predicted molar refractivity (Wildman–Crippen MR) is 90.0 cm³/mol. The fourth-order valence-corrected chi connectivity index (χ4v) is 2.58. The van der Waals surface area contributed by atoms with Crippen molar-refractivity contribution in [3.05, 3.63) is 33.8 Å². The van der Waals surface area contributed by atoms with E-state index in [0.717, 1.165) is 39.1 Å². The molecule has 4 nitrogen and oxygen atoms in total. The van der Waals surface area contributed by atoms with Crippen molar-refractivity contribution in [2.45, 2.75) is 6.42 Å². The number of amides is 1. The number of benzene rings is 1. The molecule has 0 saturated carbocycles. The molecule has 0 spiro atoms. The number of hydrogen-bond acceptors (Lipinski definition) is 3. The maximum atomic E-state index is 12.0. The highest BCUT2D eigenvalue weighted by atomic mass is 35.5. The second kappa shape index (κ2) is 9.49. The summed E-state index contributed by atoms with van der Waals surface area (Å²) in [6, 6.07) is 4.90. The minimum Gasteiger partial charge on any atom is -0.352 e. The number of halogens is 3. The molecule has 0 atom stereocenters. The average molecular weight is 353 g/mol. The Morgan fingerprint density at radius 2 is 2.00 bits per heavy atom. The first kappa shape index (κ1) is 18.5. The van der Waals surface area contributed by atoms with Gasteiger partial charge in [0.1, 0.15) is 0 Å². The van der Waals surface area contributed by atoms with E-state index in [1.807, 2.05) is 0 Å². The van der Waals surface area contributed by atoms with Crippen LogP contribution in [-0.4, -0.2) is 50.1 Å². The molecular formula is C14H20Cl3N3O. The summed E-state index contributed by atoms with van der Waals surface area (Å²) in [5.41, 5.74) is 0.432. The number of piperazine rings is 1. The van der Waals surface area contributed by atoms with E-state index in [-0.39, 0.29) is 18.3 Å². The summed E-state index contributed by atoms with van der Waals surface area (Å²) in [6.07, 6.45) is 0.934. The van der Waals surface area contributed by atoms with Crippen LogP contribution in [0.5, 0.6) is 0 Å². The van der Waals surface area contributed by atoms with E-state index in [2.05, 4.69) is 15.5 Å². The topological polar surface area (TPSA) is 44.4 Å². The van der Waals surface area contributed by atoms with E-state index >= 15 is 0 Å². The molecule has 1 fully saturated rings. The molecule has 1 heterocycles. The van der Waals surface area contributed by atoms with E-state index in [0.29, 0.717) is 22.2 Å². The van der Waals surface area contributed by atoms with Crippen molar-refractivity contribution in [3.63, 3.8) is 0 Å². The second-order valence-electron chi connectivity index (χ2n) is 4.83. The van der Waals surface area contributed by atoms with Crippen LogP contribution in [0.15, 0.2) is 18.2 Å². The molecule has 7 heteroatoms. The van der Waals surface area contributed by atoms with Crippen LogP contribution in [0.25, 0.3) is 0 Å². The number of hydrogen-bond donors (Lipinski definition) is 2. The molecule has 1 aromatic carbocycles. The molecule has 1 aliphatic heterocycles. The Hall–Kier alpha value is -0.520. The van der Waals surface area contributed by atoms with E-state index in [9.17, 15) is 4.79 Å². The van der Waals surface area contributed by atoms with E-state index < -0.39 is 0 Å². The van der Waals surface area contributed by atoms with Gasteiger partial charge in [-0.05, 0) is 31.2 Å². The minimum absolute atomic E-state index is 0. The molecule has 1 aliphatic rings. The molecule has 118 valence electrons. The smallest absolute Gasteiger partial charge is 0.252 e. The molecule has 0 unspecified atom stereocenters. The van der Waals surface area contributed by atoms with Gasteiger partial charge >= 0.3 is 0 Å². The summed E-state index contributed by atoms with van der Waals surface area (Å²) in [4.78, 5) is 14.4. The Morgan fingerprint density at radius 3 is 2.71 bits per heavy atom. The Labute approximate surface area is 141 Å². The maximum absolute atomic E-state index is 12.0. The fraction of sp³-hybridized carbons (Fsp3) is 0.500. The normalized spacial score (nSPS) is 15.3. The predicted octanol–water partition coefficient (Wildman–Crippen LogP) is 2.44. The van der Waals surface area contributed by atoms with Gasteiger partial charge in [0.2, 0.25) is 0 Å². The van der Waals surface area contributed by atoms with Crippen LogP contribution < -0.4 is 10.6 Å². The highest BCUT2D eigenvalue weighted by molar-refractivity contribution is 6.35. The molecule has 2 rings (SSSR count). The largest absolute Gasteiger partial charge is 0.352 e. The summed E-state index contributed by atoms with van der Waals surface area (Å²) >= 11 is 11.9. The van der Waals surface area contributed by atoms with Crippen LogP contribution in [0.1, 0.15) is 16.8 Å². The van der Waals surface area contributed by atoms with Crippen molar-refractivity contribution in [1.29, 1.82) is 0 Å². The maximum Gasteiger partial charge on any atom is 0.252 e. The quantitative estimate of drug-likeness (QED) is 0.800. The molecular weight excluding hydrogens is 333 g/mol. The zero-order chi connectivity index (χ0) is 14.4. The van der Waals surface area contributed by atoms with Crippen molar-refractivity contribution < 1.29 is 4.79 Å². The summed E-state index contributed by atoms with van der Waals surface area (Å²) in [6.45, 7) is 5.90. The van der Waals surface area contributed by atoms with E-state index in [4.69, 9.17) is 23.2 Å². The van der Waals surface area contributed by atoms with Crippen molar-refractivity contribution in [2.24, 2.45) is 0 Å². The SMILES string of the molecule is Cl.O=C(NCCCN1CCNCC1)c1cc(Cl)ccc1Cl. The minimum atomic E-state index is -0.169. The van der Waals surface area contributed by atoms with Crippen molar-refractivity contribution in [3.8, 4) is 0 Å². The van der Waals surface area contributed by atoms with Gasteiger partial charge in [-0.3, -0.25) is 4.79 Å². The Bertz CT molecular complexity index is 465. The van der Waals surface area contributed by atoms with Crippen LogP contribution in [0, 0.1) is 0 Å². The van der Waals surface area contributed by atoms with Gasteiger partial charge in [0.05, 0.1) is 10.6 Å². The van der Waals surface area contributed by atoms with Crippen LogP contribution in [0.4, 0.5) is 0 Å². The zero-order valence-corrected chi connectivity index (χ0v) is 14.0. The fourth-order valence-electron chi connectivity index (χ4n) is 2.21. The highest BCUT2D eigenvalue weighted by Crippen LogP contribution is 2.20. The van der Waals surface area contributed by atoms with Gasteiger partial charge in [0.25, 0.3) is 5.91 Å². The summed E-state index contributed by atoms with van der Waals surface area (Å²) in [5, 5.41) is 7.14. The molecule has 2 N–H and O–H groups in total. The summed E-state index contributed by atoms with van der Waals surface area (Å²) in [5.74, 6) is -0.169. The van der Waals surface area contributed by atoms with E-state index in [1.165, 1.54) is 0 Å². The van der Waals surface area contributed by atoms with Gasteiger partial charge in [-0.15, -0.1) is 12.4 Å². The molecule has 1 saturated heterocycles. The Balaban J connectivity index is 0.00000220. The lowest BCUT2D eigenvalue weighted by Gasteiger charge is -2.27. The molecule has 1 aromatic rings. The van der Waals surface area contributed by atoms with Gasteiger partial charge in [-0.2, -0.15) is 0 Å². The van der Waals surface area contributed by atoms with Gasteiger partial charge < -0.3 is 15.5 Å². The van der Waals surface area contributed by atoms with Gasteiger partial charge in [0, 0.05) is 37.7 Å². The highest BCUT2D eigenvalue weighted by Gasteiger charge is 2.11. The number of carbonyl (C=O) groups is 1. The van der Waals surface area contributed by atoms with Crippen LogP contribution in [0.3, 0.4) is 0 Å². The average Bonchev–Trinajstić information content (AvgIpc) is 2.47. The van der Waals surface area contributed by atoms with Gasteiger partial charge in [-0.25, -0.2) is 0 Å². The Morgan fingerprint density at radius 1 is 1.29 bits per heavy atom. The lowest BCUT2D eigenvalue weighted by molar-refractivity contribution is 0.0951. The molecule has 0 radical (unpaired) electrons. The van der Waals surface area contributed by atoms with Crippen LogP contribution >= 0.6 is 35.6 Å². The summed E-state index contributed by atoms with van der Waals surface area (Å²) < 4.78 is 0. The Kier molecular flexibility index (Phi) is 8.37. The van der Waals surface area contributed by atoms with E-state index in [1.54, 1.807) is 18.2 Å². The molecule has 1 amide bonds. The first-order valence-electron chi connectivity index (χ1n) is 6.83. The second-order valence-corrected chi connectivity index (χ2v) is 5.67. The third-order valence-electron chi connectivity index (χ3n) is 3.32. The number of nitrogens with one attached hydrogen (secondary N) is 2. The first-order chi connectivity index (χ1) is 9.66. The third kappa shape index (κ3) is 6.01. The molecule has 0 aliphatic carbocycles. The number of carbonyl (C=O) groups excluding carboxylic acids is 1.